The maximum atomic E-state index is 4.34. The molecule has 0 radical (unpaired) electrons. The minimum Gasteiger partial charge on any atom is -0.356 e. The molecule has 18 heavy (non-hydrogen) atoms. The van der Waals surface area contributed by atoms with Crippen molar-refractivity contribution in [2.24, 2.45) is 18.0 Å². The van der Waals surface area contributed by atoms with Gasteiger partial charge in [0, 0.05) is 39.6 Å². The van der Waals surface area contributed by atoms with E-state index in [1.807, 2.05) is 7.05 Å². The summed E-state index contributed by atoms with van der Waals surface area (Å²) in [4.78, 5) is 6.51. The second-order valence-electron chi connectivity index (χ2n) is 5.17. The van der Waals surface area contributed by atoms with Gasteiger partial charge in [0.25, 0.3) is 0 Å². The summed E-state index contributed by atoms with van der Waals surface area (Å²) >= 11 is 0. The highest BCUT2D eigenvalue weighted by Gasteiger charge is 2.20. The Labute approximate surface area is 110 Å². The summed E-state index contributed by atoms with van der Waals surface area (Å²) in [6.07, 6.45) is 6.18. The summed E-state index contributed by atoms with van der Waals surface area (Å²) in [6.45, 7) is 1.92. The summed E-state index contributed by atoms with van der Waals surface area (Å²) in [7, 11) is 6.01. The molecule has 1 aromatic heterocycles. The van der Waals surface area contributed by atoms with Gasteiger partial charge in [-0.05, 0) is 24.5 Å². The first-order chi connectivity index (χ1) is 8.70. The van der Waals surface area contributed by atoms with Crippen LogP contribution in [0, 0.1) is 5.92 Å². The predicted octanol–water partition coefficient (Wildman–Crippen LogP) is 1.83. The SMILES string of the molecule is CN=C(NCCC1CC1)N(C)Cc1cccn1C. The van der Waals surface area contributed by atoms with Crippen molar-refractivity contribution in [1.82, 2.24) is 14.8 Å². The Balaban J connectivity index is 1.81. The molecule has 0 atom stereocenters. The average Bonchev–Trinajstić information content (AvgIpc) is 3.09. The quantitative estimate of drug-likeness (QED) is 0.637. The van der Waals surface area contributed by atoms with Crippen LogP contribution in [0.1, 0.15) is 25.0 Å². The zero-order valence-corrected chi connectivity index (χ0v) is 11.7. The lowest BCUT2D eigenvalue weighted by Gasteiger charge is -2.22. The number of aromatic nitrogens is 1. The highest BCUT2D eigenvalue weighted by molar-refractivity contribution is 5.79. The predicted molar refractivity (Wildman–Crippen MR) is 75.6 cm³/mol. The molecule has 1 heterocycles. The van der Waals surface area contributed by atoms with Crippen LogP contribution in [-0.2, 0) is 13.6 Å². The van der Waals surface area contributed by atoms with Gasteiger partial charge in [0.1, 0.15) is 0 Å². The van der Waals surface area contributed by atoms with Crippen molar-refractivity contribution in [3.05, 3.63) is 24.0 Å². The molecule has 1 aliphatic carbocycles. The highest BCUT2D eigenvalue weighted by atomic mass is 15.3. The molecule has 0 aliphatic heterocycles. The van der Waals surface area contributed by atoms with Crippen LogP contribution in [0.5, 0.6) is 0 Å². The number of guanidine groups is 1. The summed E-state index contributed by atoms with van der Waals surface area (Å²) in [5, 5.41) is 3.44. The van der Waals surface area contributed by atoms with Crippen molar-refractivity contribution >= 4 is 5.96 Å². The Morgan fingerprint density at radius 1 is 1.56 bits per heavy atom. The minimum atomic E-state index is 0.882. The van der Waals surface area contributed by atoms with Gasteiger partial charge in [-0.25, -0.2) is 0 Å². The molecule has 0 unspecified atom stereocenters. The van der Waals surface area contributed by atoms with Crippen LogP contribution < -0.4 is 5.32 Å². The third kappa shape index (κ3) is 3.52. The van der Waals surface area contributed by atoms with Crippen LogP contribution >= 0.6 is 0 Å². The van der Waals surface area contributed by atoms with E-state index >= 15 is 0 Å². The number of aliphatic imine (C=N–C) groups is 1. The van der Waals surface area contributed by atoms with Crippen molar-refractivity contribution in [1.29, 1.82) is 0 Å². The minimum absolute atomic E-state index is 0.882. The van der Waals surface area contributed by atoms with E-state index in [1.165, 1.54) is 25.0 Å². The van der Waals surface area contributed by atoms with Crippen LogP contribution in [0.15, 0.2) is 23.3 Å². The molecule has 0 spiro atoms. The Kier molecular flexibility index (Phi) is 4.28. The first-order valence-corrected chi connectivity index (χ1v) is 6.72. The summed E-state index contributed by atoms with van der Waals surface area (Å²) < 4.78 is 2.15. The first kappa shape index (κ1) is 13.0. The number of aryl methyl sites for hydroxylation is 1. The lowest BCUT2D eigenvalue weighted by Crippen LogP contribution is -2.39. The van der Waals surface area contributed by atoms with Crippen molar-refractivity contribution in [3.8, 4) is 0 Å². The summed E-state index contributed by atoms with van der Waals surface area (Å²) in [5.41, 5.74) is 1.29. The van der Waals surface area contributed by atoms with E-state index in [1.54, 1.807) is 0 Å². The zero-order valence-electron chi connectivity index (χ0n) is 11.7. The van der Waals surface area contributed by atoms with E-state index in [0.29, 0.717) is 0 Å². The number of rotatable bonds is 5. The van der Waals surface area contributed by atoms with Gasteiger partial charge >= 0.3 is 0 Å². The van der Waals surface area contributed by atoms with Gasteiger partial charge in [0.2, 0.25) is 0 Å². The van der Waals surface area contributed by atoms with E-state index in [9.17, 15) is 0 Å². The third-order valence-electron chi connectivity index (χ3n) is 3.56. The molecule has 1 fully saturated rings. The smallest absolute Gasteiger partial charge is 0.193 e. The van der Waals surface area contributed by atoms with E-state index in [2.05, 4.69) is 52.2 Å². The van der Waals surface area contributed by atoms with Crippen molar-refractivity contribution in [2.75, 3.05) is 20.6 Å². The highest BCUT2D eigenvalue weighted by Crippen LogP contribution is 2.31. The maximum absolute atomic E-state index is 4.34. The third-order valence-corrected chi connectivity index (χ3v) is 3.56. The molecule has 1 saturated carbocycles. The Hall–Kier alpha value is -1.45. The van der Waals surface area contributed by atoms with Crippen LogP contribution in [0.2, 0.25) is 0 Å². The van der Waals surface area contributed by atoms with Gasteiger partial charge < -0.3 is 14.8 Å². The molecule has 0 aromatic carbocycles. The van der Waals surface area contributed by atoms with E-state index in [0.717, 1.165) is 25.0 Å². The standard InChI is InChI=1S/C14H24N4/c1-15-14(16-9-8-12-6-7-12)18(3)11-13-5-4-10-17(13)2/h4-5,10,12H,6-9,11H2,1-3H3,(H,15,16). The average molecular weight is 248 g/mol. The number of hydrogen-bond acceptors (Lipinski definition) is 1. The van der Waals surface area contributed by atoms with Gasteiger partial charge in [-0.3, -0.25) is 4.99 Å². The fourth-order valence-electron chi connectivity index (χ4n) is 2.16. The fourth-order valence-corrected chi connectivity index (χ4v) is 2.16. The first-order valence-electron chi connectivity index (χ1n) is 6.72. The molecule has 1 N–H and O–H groups in total. The van der Waals surface area contributed by atoms with Gasteiger partial charge in [-0.1, -0.05) is 12.8 Å². The van der Waals surface area contributed by atoms with Gasteiger partial charge in [-0.2, -0.15) is 0 Å². The second-order valence-corrected chi connectivity index (χ2v) is 5.17. The molecule has 0 amide bonds. The molecule has 2 rings (SSSR count). The number of hydrogen-bond donors (Lipinski definition) is 1. The molecule has 4 nitrogen and oxygen atoms in total. The van der Waals surface area contributed by atoms with Crippen LogP contribution in [-0.4, -0.2) is 36.1 Å². The Morgan fingerprint density at radius 2 is 2.33 bits per heavy atom. The molecule has 0 saturated heterocycles. The monoisotopic (exact) mass is 248 g/mol. The Bertz CT molecular complexity index is 404. The van der Waals surface area contributed by atoms with Crippen LogP contribution in [0.4, 0.5) is 0 Å². The van der Waals surface area contributed by atoms with Gasteiger partial charge in [0.15, 0.2) is 5.96 Å². The largest absolute Gasteiger partial charge is 0.356 e. The lowest BCUT2D eigenvalue weighted by atomic mass is 10.3. The maximum Gasteiger partial charge on any atom is 0.193 e. The van der Waals surface area contributed by atoms with Crippen molar-refractivity contribution in [3.63, 3.8) is 0 Å². The number of nitrogens with one attached hydrogen (secondary N) is 1. The molecule has 0 bridgehead atoms. The number of nitrogens with zero attached hydrogens (tertiary/aromatic N) is 3. The molecule has 1 aliphatic rings. The molecule has 4 heteroatoms. The lowest BCUT2D eigenvalue weighted by molar-refractivity contribution is 0.460. The molecule has 1 aromatic rings. The molecular formula is C14H24N4. The normalized spacial score (nSPS) is 15.8. The van der Waals surface area contributed by atoms with E-state index in [-0.39, 0.29) is 0 Å². The van der Waals surface area contributed by atoms with E-state index in [4.69, 9.17) is 0 Å². The van der Waals surface area contributed by atoms with Crippen molar-refractivity contribution in [2.45, 2.75) is 25.8 Å². The van der Waals surface area contributed by atoms with Crippen molar-refractivity contribution < 1.29 is 0 Å². The fraction of sp³-hybridized carbons (Fsp3) is 0.643. The Morgan fingerprint density at radius 3 is 2.89 bits per heavy atom. The zero-order chi connectivity index (χ0) is 13.0. The second kappa shape index (κ2) is 5.94. The summed E-state index contributed by atoms with van der Waals surface area (Å²) in [6, 6.07) is 4.22. The van der Waals surface area contributed by atoms with E-state index < -0.39 is 0 Å². The van der Waals surface area contributed by atoms with Crippen LogP contribution in [0.3, 0.4) is 0 Å². The molecular weight excluding hydrogens is 224 g/mol. The van der Waals surface area contributed by atoms with Gasteiger partial charge in [-0.15, -0.1) is 0 Å². The van der Waals surface area contributed by atoms with Crippen LogP contribution in [0.25, 0.3) is 0 Å². The summed E-state index contributed by atoms with van der Waals surface area (Å²) in [5.74, 6) is 1.95. The van der Waals surface area contributed by atoms with Gasteiger partial charge in [0.05, 0.1) is 6.54 Å². The molecule has 100 valence electrons. The topological polar surface area (TPSA) is 32.6 Å².